The fourth-order valence-electron chi connectivity index (χ4n) is 3.96. The third-order valence-electron chi connectivity index (χ3n) is 5.59. The van der Waals surface area contributed by atoms with Crippen LogP contribution in [0.4, 0.5) is 11.5 Å². The molecule has 1 atom stereocenters. The molecule has 152 valence electrons. The number of rotatable bonds is 3. The second-order valence-electron chi connectivity index (χ2n) is 8.14. The Kier molecular flexibility index (Phi) is 4.90. The standard InChI is InChI=1S/C21H26N6OS/c1-13-23-10-8-16(24-13)27-11-5-9-21(2,12-27)15-7-6-14-17(22)18(20(28)26(3)4)29-19(14)25-15/h6-8,10H,5,9,11-12,22H2,1-4H3/t21-/m1/s1. The Morgan fingerprint density at radius 1 is 1.28 bits per heavy atom. The number of anilines is 2. The molecule has 29 heavy (non-hydrogen) atoms. The summed E-state index contributed by atoms with van der Waals surface area (Å²) >= 11 is 1.37. The van der Waals surface area contributed by atoms with E-state index in [0.29, 0.717) is 10.6 Å². The van der Waals surface area contributed by atoms with Gasteiger partial charge in [-0.25, -0.2) is 15.0 Å². The summed E-state index contributed by atoms with van der Waals surface area (Å²) in [5, 5.41) is 0.853. The summed E-state index contributed by atoms with van der Waals surface area (Å²) < 4.78 is 0. The van der Waals surface area contributed by atoms with Crippen LogP contribution in [0.5, 0.6) is 0 Å². The van der Waals surface area contributed by atoms with Gasteiger partial charge in [0.1, 0.15) is 21.3 Å². The van der Waals surface area contributed by atoms with Gasteiger partial charge in [0.05, 0.1) is 5.69 Å². The Morgan fingerprint density at radius 3 is 2.79 bits per heavy atom. The van der Waals surface area contributed by atoms with Gasteiger partial charge in [0.15, 0.2) is 0 Å². The van der Waals surface area contributed by atoms with E-state index in [1.807, 2.05) is 25.3 Å². The van der Waals surface area contributed by atoms with Crippen LogP contribution < -0.4 is 10.6 Å². The zero-order chi connectivity index (χ0) is 20.8. The molecule has 3 aromatic rings. The lowest BCUT2D eigenvalue weighted by Gasteiger charge is -2.40. The summed E-state index contributed by atoms with van der Waals surface area (Å²) in [7, 11) is 3.47. The zero-order valence-corrected chi connectivity index (χ0v) is 18.1. The predicted octanol–water partition coefficient (Wildman–Crippen LogP) is 3.24. The molecule has 7 nitrogen and oxygen atoms in total. The van der Waals surface area contributed by atoms with Crippen molar-refractivity contribution in [2.45, 2.75) is 32.1 Å². The molecule has 0 unspecified atom stereocenters. The van der Waals surface area contributed by atoms with Gasteiger partial charge in [-0.15, -0.1) is 11.3 Å². The van der Waals surface area contributed by atoms with Crippen molar-refractivity contribution in [2.75, 3.05) is 37.8 Å². The third kappa shape index (κ3) is 3.53. The van der Waals surface area contributed by atoms with E-state index < -0.39 is 0 Å². The number of carbonyl (C=O) groups is 1. The van der Waals surface area contributed by atoms with Gasteiger partial charge in [0, 0.05) is 49.9 Å². The van der Waals surface area contributed by atoms with Gasteiger partial charge in [-0.1, -0.05) is 6.92 Å². The van der Waals surface area contributed by atoms with Crippen LogP contribution in [0.25, 0.3) is 10.2 Å². The fourth-order valence-corrected chi connectivity index (χ4v) is 5.07. The Labute approximate surface area is 174 Å². The van der Waals surface area contributed by atoms with E-state index >= 15 is 0 Å². The maximum absolute atomic E-state index is 12.4. The van der Waals surface area contributed by atoms with Crippen LogP contribution in [-0.4, -0.2) is 52.9 Å². The average Bonchev–Trinajstić information content (AvgIpc) is 3.03. The van der Waals surface area contributed by atoms with Crippen LogP contribution in [0.2, 0.25) is 0 Å². The van der Waals surface area contributed by atoms with Gasteiger partial charge >= 0.3 is 0 Å². The van der Waals surface area contributed by atoms with Crippen molar-refractivity contribution in [1.82, 2.24) is 19.9 Å². The monoisotopic (exact) mass is 410 g/mol. The Hall–Kier alpha value is -2.74. The first-order chi connectivity index (χ1) is 13.8. The summed E-state index contributed by atoms with van der Waals surface area (Å²) in [5.41, 5.74) is 7.71. The minimum absolute atomic E-state index is 0.0822. The normalized spacial score (nSPS) is 19.5. The van der Waals surface area contributed by atoms with Crippen molar-refractivity contribution in [1.29, 1.82) is 0 Å². The van der Waals surface area contributed by atoms with Crippen molar-refractivity contribution in [3.63, 3.8) is 0 Å². The molecule has 1 saturated heterocycles. The highest BCUT2D eigenvalue weighted by molar-refractivity contribution is 7.21. The number of fused-ring (bicyclic) bond motifs is 1. The van der Waals surface area contributed by atoms with Crippen LogP contribution in [0, 0.1) is 6.92 Å². The zero-order valence-electron chi connectivity index (χ0n) is 17.3. The molecule has 0 radical (unpaired) electrons. The molecule has 1 aliphatic heterocycles. The smallest absolute Gasteiger partial charge is 0.265 e. The number of aryl methyl sites for hydroxylation is 1. The lowest BCUT2D eigenvalue weighted by molar-refractivity contribution is 0.0833. The highest BCUT2D eigenvalue weighted by Crippen LogP contribution is 2.38. The minimum atomic E-state index is -0.101. The molecule has 4 heterocycles. The summed E-state index contributed by atoms with van der Waals surface area (Å²) in [4.78, 5) is 31.4. The van der Waals surface area contributed by atoms with Crippen LogP contribution in [0.1, 0.15) is 41.0 Å². The van der Waals surface area contributed by atoms with Crippen LogP contribution in [-0.2, 0) is 5.41 Å². The first-order valence-corrected chi connectivity index (χ1v) is 10.6. The first-order valence-electron chi connectivity index (χ1n) is 9.74. The van der Waals surface area contributed by atoms with Gasteiger partial charge in [-0.05, 0) is 38.0 Å². The Balaban J connectivity index is 1.68. The summed E-state index contributed by atoms with van der Waals surface area (Å²) in [6.07, 6.45) is 3.93. The van der Waals surface area contributed by atoms with E-state index in [1.54, 1.807) is 19.0 Å². The molecule has 4 rings (SSSR count). The van der Waals surface area contributed by atoms with Crippen LogP contribution >= 0.6 is 11.3 Å². The molecule has 0 bridgehead atoms. The molecule has 0 spiro atoms. The number of nitrogens with zero attached hydrogens (tertiary/aromatic N) is 5. The number of carbonyl (C=O) groups excluding carboxylic acids is 1. The number of pyridine rings is 1. The number of nitrogen functional groups attached to an aromatic ring is 1. The van der Waals surface area contributed by atoms with Crippen LogP contribution in [0.15, 0.2) is 24.4 Å². The second kappa shape index (κ2) is 7.26. The minimum Gasteiger partial charge on any atom is -0.397 e. The van der Waals surface area contributed by atoms with Crippen molar-refractivity contribution < 1.29 is 4.79 Å². The molecule has 0 aromatic carbocycles. The molecule has 3 aromatic heterocycles. The quantitative estimate of drug-likeness (QED) is 0.713. The molecule has 8 heteroatoms. The van der Waals surface area contributed by atoms with E-state index in [4.69, 9.17) is 10.7 Å². The van der Waals surface area contributed by atoms with E-state index in [2.05, 4.69) is 27.9 Å². The molecule has 1 amide bonds. The topological polar surface area (TPSA) is 88.2 Å². The Bertz CT molecular complexity index is 1080. The average molecular weight is 411 g/mol. The van der Waals surface area contributed by atoms with Crippen molar-refractivity contribution in [3.8, 4) is 0 Å². The summed E-state index contributed by atoms with van der Waals surface area (Å²) in [6.45, 7) is 5.98. The highest BCUT2D eigenvalue weighted by atomic mass is 32.1. The molecule has 0 aliphatic carbocycles. The van der Waals surface area contributed by atoms with E-state index in [-0.39, 0.29) is 11.3 Å². The lowest BCUT2D eigenvalue weighted by Crippen LogP contribution is -2.45. The van der Waals surface area contributed by atoms with E-state index in [1.165, 1.54) is 11.3 Å². The van der Waals surface area contributed by atoms with Crippen molar-refractivity contribution in [3.05, 3.63) is 40.8 Å². The molecule has 1 aliphatic rings. The van der Waals surface area contributed by atoms with E-state index in [0.717, 1.165) is 53.5 Å². The molecular weight excluding hydrogens is 384 g/mol. The molecule has 2 N–H and O–H groups in total. The number of thiophene rings is 1. The number of piperidine rings is 1. The van der Waals surface area contributed by atoms with Gasteiger partial charge < -0.3 is 15.5 Å². The first kappa shape index (κ1) is 19.6. The van der Waals surface area contributed by atoms with Crippen molar-refractivity contribution in [2.24, 2.45) is 0 Å². The number of nitrogens with two attached hydrogens (primary N) is 1. The van der Waals surface area contributed by atoms with Crippen molar-refractivity contribution >= 4 is 39.0 Å². The number of aromatic nitrogens is 3. The summed E-state index contributed by atoms with van der Waals surface area (Å²) in [5.74, 6) is 1.66. The Morgan fingerprint density at radius 2 is 2.07 bits per heavy atom. The van der Waals surface area contributed by atoms with Gasteiger partial charge in [0.25, 0.3) is 5.91 Å². The third-order valence-corrected chi connectivity index (χ3v) is 6.70. The summed E-state index contributed by atoms with van der Waals surface area (Å²) in [6, 6.07) is 6.04. The number of hydrogen-bond acceptors (Lipinski definition) is 7. The SMILES string of the molecule is Cc1nccc(N2CCC[C@@](C)(c3ccc4c(N)c(C(=O)N(C)C)sc4n3)C2)n1. The number of hydrogen-bond donors (Lipinski definition) is 1. The maximum atomic E-state index is 12.4. The lowest BCUT2D eigenvalue weighted by atomic mass is 9.78. The van der Waals surface area contributed by atoms with Crippen LogP contribution in [0.3, 0.4) is 0 Å². The molecular formula is C21H26N6OS. The largest absolute Gasteiger partial charge is 0.397 e. The van der Waals surface area contributed by atoms with Gasteiger partial charge in [0.2, 0.25) is 0 Å². The molecule has 0 saturated carbocycles. The highest BCUT2D eigenvalue weighted by Gasteiger charge is 2.35. The predicted molar refractivity (Wildman–Crippen MR) is 118 cm³/mol. The van der Waals surface area contributed by atoms with E-state index in [9.17, 15) is 4.79 Å². The van der Waals surface area contributed by atoms with Gasteiger partial charge in [-0.2, -0.15) is 0 Å². The van der Waals surface area contributed by atoms with Gasteiger partial charge in [-0.3, -0.25) is 4.79 Å². The molecule has 1 fully saturated rings. The number of amides is 1. The second-order valence-corrected chi connectivity index (χ2v) is 9.14. The maximum Gasteiger partial charge on any atom is 0.265 e. The fraction of sp³-hybridized carbons (Fsp3) is 0.429.